The molecule has 6 nitrogen and oxygen atoms in total. The number of rotatable bonds is 8. The lowest BCUT2D eigenvalue weighted by atomic mass is 10.2. The number of hydrogen-bond acceptors (Lipinski definition) is 5. The van der Waals surface area contributed by atoms with Crippen LogP contribution in [0.15, 0.2) is 41.8 Å². The summed E-state index contributed by atoms with van der Waals surface area (Å²) >= 11 is 7.13. The van der Waals surface area contributed by atoms with Crippen LogP contribution in [0.2, 0.25) is 5.02 Å². The van der Waals surface area contributed by atoms with E-state index in [2.05, 4.69) is 15.6 Å². The fourth-order valence-electron chi connectivity index (χ4n) is 2.39. The molecule has 0 aliphatic rings. The molecular weight excluding hydrogens is 455 g/mol. The van der Waals surface area contributed by atoms with E-state index in [9.17, 15) is 22.8 Å². The first-order chi connectivity index (χ1) is 14.8. The molecule has 3 rings (SSSR count). The van der Waals surface area contributed by atoms with E-state index in [1.165, 1.54) is 11.3 Å². The van der Waals surface area contributed by atoms with E-state index in [4.69, 9.17) is 16.3 Å². The summed E-state index contributed by atoms with van der Waals surface area (Å²) < 4.78 is 45.2. The van der Waals surface area contributed by atoms with Gasteiger partial charge in [-0.3, -0.25) is 9.59 Å². The van der Waals surface area contributed by atoms with Gasteiger partial charge in [0.1, 0.15) is 17.4 Å². The lowest BCUT2D eigenvalue weighted by Crippen LogP contribution is -2.34. The van der Waals surface area contributed by atoms with E-state index >= 15 is 0 Å². The molecule has 0 aliphatic heterocycles. The zero-order valence-electron chi connectivity index (χ0n) is 15.8. The Kier molecular flexibility index (Phi) is 7.48. The van der Waals surface area contributed by atoms with Gasteiger partial charge in [0.15, 0.2) is 17.5 Å². The smallest absolute Gasteiger partial charge is 0.243 e. The van der Waals surface area contributed by atoms with Crippen molar-refractivity contribution in [3.63, 3.8) is 0 Å². The molecule has 3 aromatic rings. The number of carbonyl (C=O) groups excluding carboxylic acids is 2. The number of anilines is 1. The maximum atomic E-state index is 13.6. The van der Waals surface area contributed by atoms with E-state index in [1.807, 2.05) is 0 Å². The molecule has 1 aromatic heterocycles. The van der Waals surface area contributed by atoms with Gasteiger partial charge in [0.25, 0.3) is 0 Å². The van der Waals surface area contributed by atoms with Crippen molar-refractivity contribution < 1.29 is 27.5 Å². The summed E-state index contributed by atoms with van der Waals surface area (Å²) in [5, 5.41) is 7.36. The summed E-state index contributed by atoms with van der Waals surface area (Å²) in [7, 11) is 0. The van der Waals surface area contributed by atoms with Crippen molar-refractivity contribution in [2.45, 2.75) is 13.0 Å². The number of thiazole rings is 1. The highest BCUT2D eigenvalue weighted by molar-refractivity contribution is 7.09. The molecule has 0 radical (unpaired) electrons. The number of ether oxygens (including phenoxy) is 1. The maximum absolute atomic E-state index is 13.6. The summed E-state index contributed by atoms with van der Waals surface area (Å²) in [6.07, 6.45) is -0.0791. The second-order valence-electron chi connectivity index (χ2n) is 6.20. The number of nitrogens with one attached hydrogen (secondary N) is 2. The molecule has 0 spiro atoms. The van der Waals surface area contributed by atoms with Gasteiger partial charge in [-0.1, -0.05) is 11.6 Å². The van der Waals surface area contributed by atoms with E-state index in [-0.39, 0.29) is 13.0 Å². The van der Waals surface area contributed by atoms with Crippen LogP contribution in [-0.4, -0.2) is 23.3 Å². The molecular formula is C20H15ClF3N3O3S. The second kappa shape index (κ2) is 10.3. The van der Waals surface area contributed by atoms with Crippen LogP contribution in [0.25, 0.3) is 0 Å². The highest BCUT2D eigenvalue weighted by Crippen LogP contribution is 2.20. The number of hydrogen-bond donors (Lipinski definition) is 2. The number of aromatic nitrogens is 1. The Balaban J connectivity index is 1.44. The molecule has 1 heterocycles. The van der Waals surface area contributed by atoms with E-state index in [1.54, 1.807) is 29.6 Å². The van der Waals surface area contributed by atoms with Gasteiger partial charge in [0.05, 0.1) is 24.3 Å². The van der Waals surface area contributed by atoms with Gasteiger partial charge >= 0.3 is 0 Å². The van der Waals surface area contributed by atoms with Gasteiger partial charge in [0, 0.05) is 10.4 Å². The topological polar surface area (TPSA) is 80.3 Å². The van der Waals surface area contributed by atoms with Crippen LogP contribution >= 0.6 is 22.9 Å². The molecule has 0 aliphatic carbocycles. The van der Waals surface area contributed by atoms with Gasteiger partial charge in [0.2, 0.25) is 11.8 Å². The van der Waals surface area contributed by atoms with Crippen LogP contribution in [0.1, 0.15) is 10.7 Å². The zero-order chi connectivity index (χ0) is 22.4. The van der Waals surface area contributed by atoms with Crippen LogP contribution in [0.3, 0.4) is 0 Å². The van der Waals surface area contributed by atoms with Gasteiger partial charge < -0.3 is 15.4 Å². The number of halogens is 4. The lowest BCUT2D eigenvalue weighted by molar-refractivity contribution is -0.123. The standard InChI is InChI=1S/C20H15ClF3N3O3S/c21-11-1-3-13(4-2-11)30-9-18-26-12(10-31-18)7-16(28)25-8-17(29)27-15-6-5-14(22)19(23)20(15)24/h1-6,10H,7-9H2,(H,25,28)(H,27,29). The zero-order valence-corrected chi connectivity index (χ0v) is 17.3. The minimum absolute atomic E-state index is 0.0791. The Labute approximate surface area is 184 Å². The first-order valence-electron chi connectivity index (χ1n) is 8.83. The van der Waals surface area contributed by atoms with Crippen molar-refractivity contribution in [1.29, 1.82) is 0 Å². The molecule has 0 bridgehead atoms. The molecule has 11 heteroatoms. The number of benzene rings is 2. The predicted octanol–water partition coefficient (Wildman–Crippen LogP) is 4.09. The fraction of sp³-hybridized carbons (Fsp3) is 0.150. The van der Waals surface area contributed by atoms with Gasteiger partial charge in [-0.25, -0.2) is 18.2 Å². The van der Waals surface area contributed by atoms with Gasteiger partial charge in [-0.15, -0.1) is 11.3 Å². The molecule has 162 valence electrons. The molecule has 2 N–H and O–H groups in total. The highest BCUT2D eigenvalue weighted by atomic mass is 35.5. The summed E-state index contributed by atoms with van der Waals surface area (Å²) in [6, 6.07) is 8.42. The molecule has 2 aromatic carbocycles. The summed E-state index contributed by atoms with van der Waals surface area (Å²) in [6.45, 7) is -0.260. The first-order valence-corrected chi connectivity index (χ1v) is 10.1. The van der Waals surface area contributed by atoms with Crippen LogP contribution in [0.5, 0.6) is 5.75 Å². The normalized spacial score (nSPS) is 10.6. The third kappa shape index (κ3) is 6.43. The predicted molar refractivity (Wildman–Crippen MR) is 110 cm³/mol. The second-order valence-corrected chi connectivity index (χ2v) is 7.58. The minimum Gasteiger partial charge on any atom is -0.486 e. The molecule has 2 amide bonds. The van der Waals surface area contributed by atoms with Crippen molar-refractivity contribution in [3.8, 4) is 5.75 Å². The first kappa shape index (κ1) is 22.6. The van der Waals surface area contributed by atoms with Gasteiger partial charge in [-0.2, -0.15) is 0 Å². The van der Waals surface area contributed by atoms with Crippen molar-refractivity contribution >= 4 is 40.4 Å². The van der Waals surface area contributed by atoms with E-state index < -0.39 is 41.5 Å². The average molecular weight is 470 g/mol. The summed E-state index contributed by atoms with van der Waals surface area (Å²) in [5.41, 5.74) is -0.0350. The quantitative estimate of drug-likeness (QED) is 0.487. The van der Waals surface area contributed by atoms with Crippen LogP contribution < -0.4 is 15.4 Å². The molecule has 0 saturated carbocycles. The largest absolute Gasteiger partial charge is 0.486 e. The van der Waals surface area contributed by atoms with Gasteiger partial charge in [-0.05, 0) is 36.4 Å². The van der Waals surface area contributed by atoms with Crippen molar-refractivity contribution in [2.75, 3.05) is 11.9 Å². The fourth-order valence-corrected chi connectivity index (χ4v) is 3.23. The Morgan fingerprint density at radius 3 is 2.52 bits per heavy atom. The Morgan fingerprint density at radius 2 is 1.77 bits per heavy atom. The summed E-state index contributed by atoms with van der Waals surface area (Å²) in [5.74, 6) is -5.24. The molecule has 0 atom stereocenters. The Hall–Kier alpha value is -3.11. The highest BCUT2D eigenvalue weighted by Gasteiger charge is 2.16. The molecule has 0 fully saturated rings. The average Bonchev–Trinajstić information content (AvgIpc) is 3.19. The maximum Gasteiger partial charge on any atom is 0.243 e. The third-order valence-electron chi connectivity index (χ3n) is 3.87. The Morgan fingerprint density at radius 1 is 1.03 bits per heavy atom. The number of amides is 2. The van der Waals surface area contributed by atoms with Crippen molar-refractivity contribution in [2.24, 2.45) is 0 Å². The molecule has 0 unspecified atom stereocenters. The van der Waals surface area contributed by atoms with Crippen LogP contribution in [-0.2, 0) is 22.6 Å². The Bertz CT molecular complexity index is 1090. The van der Waals surface area contributed by atoms with Crippen molar-refractivity contribution in [1.82, 2.24) is 10.3 Å². The SMILES string of the molecule is O=C(Cc1csc(COc2ccc(Cl)cc2)n1)NCC(=O)Nc1ccc(F)c(F)c1F. The van der Waals surface area contributed by atoms with E-state index in [0.29, 0.717) is 27.5 Å². The van der Waals surface area contributed by atoms with Crippen LogP contribution in [0, 0.1) is 17.5 Å². The van der Waals surface area contributed by atoms with Crippen molar-refractivity contribution in [3.05, 3.63) is 75.0 Å². The monoisotopic (exact) mass is 469 g/mol. The lowest BCUT2D eigenvalue weighted by Gasteiger charge is -2.08. The summed E-state index contributed by atoms with van der Waals surface area (Å²) in [4.78, 5) is 28.1. The third-order valence-corrected chi connectivity index (χ3v) is 5.00. The van der Waals surface area contributed by atoms with E-state index in [0.717, 1.165) is 6.07 Å². The van der Waals surface area contributed by atoms with Crippen LogP contribution in [0.4, 0.5) is 18.9 Å². The minimum atomic E-state index is -1.69. The number of nitrogens with zero attached hydrogens (tertiary/aromatic N) is 1. The number of carbonyl (C=O) groups is 2. The molecule has 31 heavy (non-hydrogen) atoms. The molecule has 0 saturated heterocycles.